The van der Waals surface area contributed by atoms with Crippen molar-refractivity contribution in [1.82, 2.24) is 9.62 Å². The van der Waals surface area contributed by atoms with E-state index in [0.29, 0.717) is 6.54 Å². The number of rotatable bonds is 9. The van der Waals surface area contributed by atoms with E-state index >= 15 is 0 Å². The van der Waals surface area contributed by atoms with Crippen molar-refractivity contribution >= 4 is 10.0 Å². The highest BCUT2D eigenvalue weighted by Crippen LogP contribution is 2.02. The van der Waals surface area contributed by atoms with Crippen LogP contribution < -0.4 is 5.32 Å². The normalized spacial score (nSPS) is 12.3. The zero-order chi connectivity index (χ0) is 11.7. The van der Waals surface area contributed by atoms with E-state index in [1.807, 2.05) is 13.8 Å². The number of sulfonamides is 1. The fraction of sp³-hybridized carbons (Fsp3) is 1.00. The predicted molar refractivity (Wildman–Crippen MR) is 64.5 cm³/mol. The lowest BCUT2D eigenvalue weighted by molar-refractivity contribution is 0.466. The van der Waals surface area contributed by atoms with Crippen LogP contribution in [0.1, 0.15) is 33.1 Å². The van der Waals surface area contributed by atoms with Crippen molar-refractivity contribution in [2.45, 2.75) is 33.1 Å². The average Bonchev–Trinajstić information content (AvgIpc) is 2.18. The van der Waals surface area contributed by atoms with Gasteiger partial charge in [0.1, 0.15) is 0 Å². The van der Waals surface area contributed by atoms with Gasteiger partial charge in [0.25, 0.3) is 0 Å². The molecule has 0 bridgehead atoms. The zero-order valence-electron chi connectivity index (χ0n) is 10.1. The van der Waals surface area contributed by atoms with E-state index in [0.717, 1.165) is 32.4 Å². The second-order valence-electron chi connectivity index (χ2n) is 3.70. The molecule has 92 valence electrons. The van der Waals surface area contributed by atoms with E-state index in [9.17, 15) is 8.42 Å². The van der Waals surface area contributed by atoms with Gasteiger partial charge in [-0.3, -0.25) is 0 Å². The maximum absolute atomic E-state index is 11.7. The van der Waals surface area contributed by atoms with E-state index in [1.165, 1.54) is 4.31 Å². The van der Waals surface area contributed by atoms with Crippen molar-refractivity contribution in [2.75, 3.05) is 32.4 Å². The molecule has 0 aromatic heterocycles. The lowest BCUT2D eigenvalue weighted by atomic mass is 10.3. The van der Waals surface area contributed by atoms with Crippen LogP contribution in [0.2, 0.25) is 0 Å². The fourth-order valence-corrected chi connectivity index (χ4v) is 2.66. The third kappa shape index (κ3) is 6.87. The van der Waals surface area contributed by atoms with Gasteiger partial charge in [-0.05, 0) is 32.4 Å². The van der Waals surface area contributed by atoms with Gasteiger partial charge in [-0.1, -0.05) is 13.8 Å². The first kappa shape index (κ1) is 14.9. The molecule has 0 saturated heterocycles. The van der Waals surface area contributed by atoms with Crippen molar-refractivity contribution in [3.63, 3.8) is 0 Å². The summed E-state index contributed by atoms with van der Waals surface area (Å²) in [5.74, 6) is 0.273. The van der Waals surface area contributed by atoms with Crippen molar-refractivity contribution in [2.24, 2.45) is 0 Å². The molecule has 0 fully saturated rings. The molecule has 0 heterocycles. The predicted octanol–water partition coefficient (Wildman–Crippen LogP) is 1.05. The van der Waals surface area contributed by atoms with Crippen LogP contribution in [0.25, 0.3) is 0 Å². The van der Waals surface area contributed by atoms with Gasteiger partial charge >= 0.3 is 0 Å². The highest BCUT2D eigenvalue weighted by Gasteiger charge is 2.15. The molecule has 5 heteroatoms. The van der Waals surface area contributed by atoms with Gasteiger partial charge < -0.3 is 5.32 Å². The highest BCUT2D eigenvalue weighted by molar-refractivity contribution is 7.89. The van der Waals surface area contributed by atoms with Gasteiger partial charge in [-0.25, -0.2) is 12.7 Å². The van der Waals surface area contributed by atoms with E-state index in [2.05, 4.69) is 5.32 Å². The van der Waals surface area contributed by atoms with Crippen molar-refractivity contribution < 1.29 is 8.42 Å². The van der Waals surface area contributed by atoms with Gasteiger partial charge in [0.2, 0.25) is 10.0 Å². The smallest absolute Gasteiger partial charge is 0.213 e. The Labute approximate surface area is 94.1 Å². The Balaban J connectivity index is 3.74. The maximum Gasteiger partial charge on any atom is 0.213 e. The van der Waals surface area contributed by atoms with Crippen molar-refractivity contribution in [3.8, 4) is 0 Å². The Morgan fingerprint density at radius 3 is 2.40 bits per heavy atom. The summed E-state index contributed by atoms with van der Waals surface area (Å²) in [7, 11) is -1.35. The third-order valence-corrected chi connectivity index (χ3v) is 4.21. The van der Waals surface area contributed by atoms with E-state index in [-0.39, 0.29) is 5.75 Å². The molecular formula is C10H24N2O2S. The lowest BCUT2D eigenvalue weighted by Crippen LogP contribution is -2.30. The number of nitrogens with one attached hydrogen (secondary N) is 1. The fourth-order valence-electron chi connectivity index (χ4n) is 1.32. The standard InChI is InChI=1S/C10H24N2O2S/c1-4-9-12(3)15(13,14)10-7-6-8-11-5-2/h11H,4-10H2,1-3H3. The summed E-state index contributed by atoms with van der Waals surface area (Å²) in [6, 6.07) is 0. The highest BCUT2D eigenvalue weighted by atomic mass is 32.2. The van der Waals surface area contributed by atoms with Gasteiger partial charge in [-0.2, -0.15) is 0 Å². The second kappa shape index (κ2) is 8.07. The summed E-state index contributed by atoms with van der Waals surface area (Å²) < 4.78 is 24.8. The summed E-state index contributed by atoms with van der Waals surface area (Å²) in [6.07, 6.45) is 2.53. The largest absolute Gasteiger partial charge is 0.317 e. The summed E-state index contributed by atoms with van der Waals surface area (Å²) >= 11 is 0. The van der Waals surface area contributed by atoms with Crippen LogP contribution in [0, 0.1) is 0 Å². The van der Waals surface area contributed by atoms with Crippen LogP contribution in [-0.4, -0.2) is 45.2 Å². The molecule has 0 aliphatic heterocycles. The van der Waals surface area contributed by atoms with Crippen molar-refractivity contribution in [1.29, 1.82) is 0 Å². The minimum atomic E-state index is -3.00. The summed E-state index contributed by atoms with van der Waals surface area (Å²) in [4.78, 5) is 0. The van der Waals surface area contributed by atoms with Gasteiger partial charge in [-0.15, -0.1) is 0 Å². The van der Waals surface area contributed by atoms with Crippen molar-refractivity contribution in [3.05, 3.63) is 0 Å². The maximum atomic E-state index is 11.7. The summed E-state index contributed by atoms with van der Waals surface area (Å²) in [6.45, 7) is 6.50. The zero-order valence-corrected chi connectivity index (χ0v) is 10.9. The molecule has 0 atom stereocenters. The molecule has 0 radical (unpaired) electrons. The Hall–Kier alpha value is -0.130. The Kier molecular flexibility index (Phi) is 8.00. The van der Waals surface area contributed by atoms with Crippen LogP contribution in [0.5, 0.6) is 0 Å². The molecule has 0 amide bonds. The topological polar surface area (TPSA) is 49.4 Å². The molecule has 0 aromatic carbocycles. The summed E-state index contributed by atoms with van der Waals surface area (Å²) in [5, 5.41) is 3.18. The molecule has 0 aliphatic carbocycles. The number of unbranched alkanes of at least 4 members (excludes halogenated alkanes) is 1. The molecule has 0 rings (SSSR count). The molecule has 0 aromatic rings. The first-order valence-corrected chi connectivity index (χ1v) is 7.30. The molecule has 4 nitrogen and oxygen atoms in total. The molecule has 0 spiro atoms. The minimum absolute atomic E-state index is 0.273. The molecule has 0 saturated carbocycles. The molecule has 0 unspecified atom stereocenters. The number of nitrogens with zero attached hydrogens (tertiary/aromatic N) is 1. The molecule has 0 aliphatic rings. The third-order valence-electron chi connectivity index (χ3n) is 2.27. The van der Waals surface area contributed by atoms with Crippen LogP contribution in [0.3, 0.4) is 0 Å². The SMILES string of the molecule is CCCN(C)S(=O)(=O)CCCCNCC. The van der Waals surface area contributed by atoms with E-state index < -0.39 is 10.0 Å². The van der Waals surface area contributed by atoms with Crippen LogP contribution >= 0.6 is 0 Å². The molecule has 15 heavy (non-hydrogen) atoms. The monoisotopic (exact) mass is 236 g/mol. The summed E-state index contributed by atoms with van der Waals surface area (Å²) in [5.41, 5.74) is 0. The van der Waals surface area contributed by atoms with Gasteiger partial charge in [0.15, 0.2) is 0 Å². The Bertz CT molecular complexity index is 240. The van der Waals surface area contributed by atoms with Gasteiger partial charge in [0, 0.05) is 13.6 Å². The second-order valence-corrected chi connectivity index (χ2v) is 5.89. The van der Waals surface area contributed by atoms with E-state index in [1.54, 1.807) is 7.05 Å². The Morgan fingerprint density at radius 2 is 1.87 bits per heavy atom. The van der Waals surface area contributed by atoms with Crippen LogP contribution in [0.4, 0.5) is 0 Å². The number of hydrogen-bond acceptors (Lipinski definition) is 3. The first-order chi connectivity index (χ1) is 7.04. The first-order valence-electron chi connectivity index (χ1n) is 5.69. The van der Waals surface area contributed by atoms with E-state index in [4.69, 9.17) is 0 Å². The lowest BCUT2D eigenvalue weighted by Gasteiger charge is -2.15. The molecule has 1 N–H and O–H groups in total. The quantitative estimate of drug-likeness (QED) is 0.609. The van der Waals surface area contributed by atoms with Gasteiger partial charge in [0.05, 0.1) is 5.75 Å². The molecular weight excluding hydrogens is 212 g/mol. The number of hydrogen-bond donors (Lipinski definition) is 1. The Morgan fingerprint density at radius 1 is 1.20 bits per heavy atom. The van der Waals surface area contributed by atoms with Crippen LogP contribution in [-0.2, 0) is 10.0 Å². The average molecular weight is 236 g/mol. The van der Waals surface area contributed by atoms with Crippen LogP contribution in [0.15, 0.2) is 0 Å². The minimum Gasteiger partial charge on any atom is -0.317 e.